The summed E-state index contributed by atoms with van der Waals surface area (Å²) in [5, 5.41) is 0.659. The summed E-state index contributed by atoms with van der Waals surface area (Å²) in [7, 11) is 4.53. The monoisotopic (exact) mass is 346 g/mol. The molecule has 5 nitrogen and oxygen atoms in total. The standard InChI is InChI=1S/C17H15FN2O3S/c1-21-11-7-13-16(15(8-11)23-3)17(24)20(9-19-13)10-4-5-14(22-2)12(18)6-10/h4-9H,1-3H3. The fourth-order valence-corrected chi connectivity index (χ4v) is 2.81. The highest BCUT2D eigenvalue weighted by molar-refractivity contribution is 7.71. The van der Waals surface area contributed by atoms with Crippen molar-refractivity contribution in [2.45, 2.75) is 0 Å². The summed E-state index contributed by atoms with van der Waals surface area (Å²) in [5.74, 6) is 0.861. The van der Waals surface area contributed by atoms with Gasteiger partial charge in [0.15, 0.2) is 11.6 Å². The Morgan fingerprint density at radius 3 is 2.38 bits per heavy atom. The molecule has 3 rings (SSSR count). The first-order valence-electron chi connectivity index (χ1n) is 7.06. The first kappa shape index (κ1) is 16.2. The lowest BCUT2D eigenvalue weighted by atomic mass is 10.2. The summed E-state index contributed by atoms with van der Waals surface area (Å²) < 4.78 is 31.7. The van der Waals surface area contributed by atoms with E-state index in [0.717, 1.165) is 0 Å². The number of methoxy groups -OCH3 is 3. The molecule has 0 spiro atoms. The molecule has 24 heavy (non-hydrogen) atoms. The van der Waals surface area contributed by atoms with Gasteiger partial charge in [-0.25, -0.2) is 9.37 Å². The minimum absolute atomic E-state index is 0.168. The molecule has 0 N–H and O–H groups in total. The molecule has 2 aromatic carbocycles. The van der Waals surface area contributed by atoms with Crippen molar-refractivity contribution in [3.63, 3.8) is 0 Å². The van der Waals surface area contributed by atoms with Crippen molar-refractivity contribution in [1.29, 1.82) is 0 Å². The molecule has 0 saturated heterocycles. The third-order valence-electron chi connectivity index (χ3n) is 3.67. The zero-order valence-electron chi connectivity index (χ0n) is 13.4. The maximum atomic E-state index is 14.0. The highest BCUT2D eigenvalue weighted by Crippen LogP contribution is 2.31. The van der Waals surface area contributed by atoms with E-state index in [1.165, 1.54) is 13.2 Å². The summed E-state index contributed by atoms with van der Waals surface area (Å²) in [6.07, 6.45) is 1.55. The number of halogens is 1. The van der Waals surface area contributed by atoms with Gasteiger partial charge in [-0.2, -0.15) is 0 Å². The smallest absolute Gasteiger partial charge is 0.167 e. The number of fused-ring (bicyclic) bond motifs is 1. The SMILES string of the molecule is COc1cc(OC)c2c(=S)n(-c3ccc(OC)c(F)c3)cnc2c1. The van der Waals surface area contributed by atoms with E-state index in [-0.39, 0.29) is 5.75 Å². The van der Waals surface area contributed by atoms with E-state index < -0.39 is 5.82 Å². The summed E-state index contributed by atoms with van der Waals surface area (Å²) >= 11 is 5.56. The number of nitrogens with zero attached hydrogens (tertiary/aromatic N) is 2. The van der Waals surface area contributed by atoms with Crippen molar-refractivity contribution in [3.8, 4) is 22.9 Å². The van der Waals surface area contributed by atoms with Crippen molar-refractivity contribution >= 4 is 23.1 Å². The summed E-state index contributed by atoms with van der Waals surface area (Å²) in [5.41, 5.74) is 1.19. The molecule has 0 aliphatic rings. The Hall–Kier alpha value is -2.67. The van der Waals surface area contributed by atoms with Crippen LogP contribution in [0.4, 0.5) is 4.39 Å². The van der Waals surface area contributed by atoms with E-state index in [9.17, 15) is 4.39 Å². The molecule has 0 radical (unpaired) electrons. The molecular formula is C17H15FN2O3S. The lowest BCUT2D eigenvalue weighted by Crippen LogP contribution is -2.02. The van der Waals surface area contributed by atoms with Crippen LogP contribution in [0.2, 0.25) is 0 Å². The Kier molecular flexibility index (Phi) is 4.35. The number of hydrogen-bond donors (Lipinski definition) is 0. The number of rotatable bonds is 4. The van der Waals surface area contributed by atoms with E-state index in [0.29, 0.717) is 32.7 Å². The zero-order chi connectivity index (χ0) is 17.3. The average molecular weight is 346 g/mol. The van der Waals surface area contributed by atoms with Gasteiger partial charge >= 0.3 is 0 Å². The molecule has 0 aliphatic heterocycles. The molecule has 124 valence electrons. The molecule has 0 aliphatic carbocycles. The van der Waals surface area contributed by atoms with Gasteiger partial charge in [0.1, 0.15) is 22.5 Å². The number of hydrogen-bond acceptors (Lipinski definition) is 5. The fourth-order valence-electron chi connectivity index (χ4n) is 2.45. The maximum absolute atomic E-state index is 14.0. The van der Waals surface area contributed by atoms with E-state index in [1.807, 2.05) is 0 Å². The van der Waals surface area contributed by atoms with Crippen molar-refractivity contribution in [2.24, 2.45) is 0 Å². The molecule has 3 aromatic rings. The Morgan fingerprint density at radius 1 is 1.00 bits per heavy atom. The van der Waals surface area contributed by atoms with Crippen LogP contribution in [0.5, 0.6) is 17.2 Å². The van der Waals surface area contributed by atoms with Gasteiger partial charge < -0.3 is 14.2 Å². The molecule has 7 heteroatoms. The average Bonchev–Trinajstić information content (AvgIpc) is 2.60. The van der Waals surface area contributed by atoms with Gasteiger partial charge in [0.05, 0.1) is 37.9 Å². The van der Waals surface area contributed by atoms with Gasteiger partial charge in [-0.1, -0.05) is 12.2 Å². The van der Waals surface area contributed by atoms with E-state index in [2.05, 4.69) is 4.98 Å². The molecule has 0 bridgehead atoms. The van der Waals surface area contributed by atoms with Crippen LogP contribution in [-0.2, 0) is 0 Å². The Bertz CT molecular complexity index is 972. The Balaban J connectivity index is 2.26. The third kappa shape index (κ3) is 2.67. The van der Waals surface area contributed by atoms with E-state index in [1.54, 1.807) is 49.4 Å². The van der Waals surface area contributed by atoms with Gasteiger partial charge in [-0.3, -0.25) is 4.57 Å². The quantitative estimate of drug-likeness (QED) is 0.670. The van der Waals surface area contributed by atoms with Crippen LogP contribution in [0.1, 0.15) is 0 Å². The summed E-state index contributed by atoms with van der Waals surface area (Å²) in [6, 6.07) is 8.10. The first-order valence-corrected chi connectivity index (χ1v) is 7.47. The molecular weight excluding hydrogens is 331 g/mol. The predicted molar refractivity (Wildman–Crippen MR) is 91.5 cm³/mol. The van der Waals surface area contributed by atoms with Crippen LogP contribution in [-0.4, -0.2) is 30.9 Å². The molecule has 0 unspecified atom stereocenters. The van der Waals surface area contributed by atoms with Crippen molar-refractivity contribution in [2.75, 3.05) is 21.3 Å². The van der Waals surface area contributed by atoms with Crippen LogP contribution in [0.3, 0.4) is 0 Å². The largest absolute Gasteiger partial charge is 0.497 e. The second-order valence-corrected chi connectivity index (χ2v) is 5.35. The van der Waals surface area contributed by atoms with Crippen LogP contribution in [0, 0.1) is 10.5 Å². The molecule has 1 aromatic heterocycles. The molecule has 0 fully saturated rings. The molecule has 0 amide bonds. The van der Waals surface area contributed by atoms with Crippen LogP contribution < -0.4 is 14.2 Å². The van der Waals surface area contributed by atoms with Gasteiger partial charge in [0.2, 0.25) is 0 Å². The molecule has 1 heterocycles. The minimum atomic E-state index is -0.473. The second kappa shape index (κ2) is 6.45. The second-order valence-electron chi connectivity index (χ2n) is 4.96. The minimum Gasteiger partial charge on any atom is -0.497 e. The van der Waals surface area contributed by atoms with Gasteiger partial charge in [0.25, 0.3) is 0 Å². The Morgan fingerprint density at radius 2 is 1.75 bits per heavy atom. The topological polar surface area (TPSA) is 45.5 Å². The number of aromatic nitrogens is 2. The van der Waals surface area contributed by atoms with Gasteiger partial charge in [0, 0.05) is 18.2 Å². The Labute approximate surface area is 143 Å². The van der Waals surface area contributed by atoms with Crippen LogP contribution in [0.25, 0.3) is 16.6 Å². The third-order valence-corrected chi connectivity index (χ3v) is 4.07. The normalized spacial score (nSPS) is 10.7. The number of benzene rings is 2. The lowest BCUT2D eigenvalue weighted by molar-refractivity contribution is 0.386. The summed E-state index contributed by atoms with van der Waals surface area (Å²) in [6.45, 7) is 0. The van der Waals surface area contributed by atoms with Crippen LogP contribution >= 0.6 is 12.2 Å². The number of ether oxygens (including phenoxy) is 3. The van der Waals surface area contributed by atoms with Crippen molar-refractivity contribution < 1.29 is 18.6 Å². The fraction of sp³-hybridized carbons (Fsp3) is 0.176. The van der Waals surface area contributed by atoms with Crippen molar-refractivity contribution in [1.82, 2.24) is 9.55 Å². The lowest BCUT2D eigenvalue weighted by Gasteiger charge is -2.13. The van der Waals surface area contributed by atoms with Crippen molar-refractivity contribution in [3.05, 3.63) is 47.1 Å². The van der Waals surface area contributed by atoms with Gasteiger partial charge in [-0.15, -0.1) is 0 Å². The van der Waals surface area contributed by atoms with Gasteiger partial charge in [-0.05, 0) is 12.1 Å². The van der Waals surface area contributed by atoms with E-state index in [4.69, 9.17) is 26.4 Å². The maximum Gasteiger partial charge on any atom is 0.167 e. The molecule has 0 saturated carbocycles. The highest BCUT2D eigenvalue weighted by Gasteiger charge is 2.12. The first-order chi connectivity index (χ1) is 11.6. The zero-order valence-corrected chi connectivity index (χ0v) is 14.2. The van der Waals surface area contributed by atoms with Crippen LogP contribution in [0.15, 0.2) is 36.7 Å². The molecule has 0 atom stereocenters. The predicted octanol–water partition coefficient (Wildman–Crippen LogP) is 3.92. The summed E-state index contributed by atoms with van der Waals surface area (Å²) in [4.78, 5) is 4.39. The van der Waals surface area contributed by atoms with E-state index >= 15 is 0 Å². The highest BCUT2D eigenvalue weighted by atomic mass is 32.1.